The molecule has 1 nitrogen and oxygen atoms in total. The van der Waals surface area contributed by atoms with Gasteiger partial charge in [-0.15, -0.1) is 0 Å². The van der Waals surface area contributed by atoms with E-state index in [-0.39, 0.29) is 0 Å². The molecule has 0 atom stereocenters. The van der Waals surface area contributed by atoms with Crippen LogP contribution in [0, 0.1) is 0 Å². The molecule has 0 bridgehead atoms. The lowest BCUT2D eigenvalue weighted by Gasteiger charge is -2.37. The number of fused-ring (bicyclic) bond motifs is 1. The summed E-state index contributed by atoms with van der Waals surface area (Å²) in [7, 11) is 0. The largest absolute Gasteiger partial charge is 0.298 e. The van der Waals surface area contributed by atoms with Gasteiger partial charge in [0.05, 0.1) is 0 Å². The minimum Gasteiger partial charge on any atom is -0.298 e. The number of rotatable bonds is 0. The van der Waals surface area contributed by atoms with Gasteiger partial charge in [0.1, 0.15) is 0 Å². The summed E-state index contributed by atoms with van der Waals surface area (Å²) in [5, 5.41) is 0. The number of aryl methyl sites for hydroxylation is 1. The third-order valence-electron chi connectivity index (χ3n) is 3.59. The zero-order valence-electron chi connectivity index (χ0n) is 10.8. The predicted molar refractivity (Wildman–Crippen MR) is 69.8 cm³/mol. The maximum absolute atomic E-state index is 2.61. The molecule has 1 heteroatoms. The normalized spacial score (nSPS) is 18.7. The van der Waals surface area contributed by atoms with Crippen LogP contribution in [0.1, 0.15) is 38.3 Å². The molecule has 1 aromatic carbocycles. The summed E-state index contributed by atoms with van der Waals surface area (Å²) in [6, 6.07) is 8.92. The molecule has 0 spiro atoms. The van der Waals surface area contributed by atoms with Gasteiger partial charge in [0.2, 0.25) is 0 Å². The van der Waals surface area contributed by atoms with Gasteiger partial charge in [0.15, 0.2) is 0 Å². The molecule has 0 N–H and O–H groups in total. The quantitative estimate of drug-likeness (QED) is 0.644. The van der Waals surface area contributed by atoms with Crippen LogP contribution < -0.4 is 0 Å². The maximum atomic E-state index is 2.61. The van der Waals surface area contributed by atoms with E-state index in [1.54, 1.807) is 11.1 Å². The number of nitrogens with zero attached hydrogens (tertiary/aromatic N) is 1. The Morgan fingerprint density at radius 2 is 1.56 bits per heavy atom. The number of hydrogen-bond donors (Lipinski definition) is 0. The van der Waals surface area contributed by atoms with Crippen LogP contribution in [0.15, 0.2) is 24.3 Å². The highest BCUT2D eigenvalue weighted by Gasteiger charge is 2.22. The lowest BCUT2D eigenvalue weighted by atomic mass is 9.95. The fourth-order valence-electron chi connectivity index (χ4n) is 2.54. The summed E-state index contributed by atoms with van der Waals surface area (Å²) in [6.07, 6.45) is 3.73. The minimum atomic E-state index is 0.312. The molecular weight excluding hydrogens is 194 g/mol. The fourth-order valence-corrected chi connectivity index (χ4v) is 2.54. The molecule has 0 fully saturated rings. The summed E-state index contributed by atoms with van der Waals surface area (Å²) >= 11 is 0. The molecule has 0 radical (unpaired) electrons. The van der Waals surface area contributed by atoms with Crippen LogP contribution in [0.25, 0.3) is 0 Å². The predicted octanol–water partition coefficient (Wildman–Crippen LogP) is 3.28. The molecular formula is C15H23N. The van der Waals surface area contributed by atoms with Gasteiger partial charge in [-0.1, -0.05) is 24.3 Å². The zero-order valence-corrected chi connectivity index (χ0v) is 10.8. The molecule has 0 saturated heterocycles. The summed E-state index contributed by atoms with van der Waals surface area (Å²) in [5.41, 5.74) is 3.43. The zero-order chi connectivity index (χ0) is 11.6. The van der Waals surface area contributed by atoms with Gasteiger partial charge in [0.25, 0.3) is 0 Å². The van der Waals surface area contributed by atoms with E-state index in [4.69, 9.17) is 0 Å². The van der Waals surface area contributed by atoms with Crippen molar-refractivity contribution in [1.29, 1.82) is 0 Å². The Morgan fingerprint density at radius 3 is 2.19 bits per heavy atom. The van der Waals surface area contributed by atoms with Crippen molar-refractivity contribution in [2.45, 2.75) is 45.6 Å². The molecule has 0 aliphatic carbocycles. The van der Waals surface area contributed by atoms with Gasteiger partial charge >= 0.3 is 0 Å². The Kier molecular flexibility index (Phi) is 3.34. The Hall–Kier alpha value is -0.820. The van der Waals surface area contributed by atoms with E-state index in [1.807, 2.05) is 0 Å². The van der Waals surface area contributed by atoms with Crippen LogP contribution in [0.3, 0.4) is 0 Å². The summed E-state index contributed by atoms with van der Waals surface area (Å²) < 4.78 is 0. The second-order valence-electron chi connectivity index (χ2n) is 5.78. The summed E-state index contributed by atoms with van der Waals surface area (Å²) in [6.45, 7) is 9.39. The first kappa shape index (κ1) is 11.7. The average molecular weight is 217 g/mol. The first-order chi connectivity index (χ1) is 7.57. The number of hydrogen-bond acceptors (Lipinski definition) is 1. The smallest absolute Gasteiger partial charge is 0.0125 e. The van der Waals surface area contributed by atoms with Crippen molar-refractivity contribution in [2.24, 2.45) is 0 Å². The lowest BCUT2D eigenvalue weighted by molar-refractivity contribution is 0.134. The van der Waals surface area contributed by atoms with E-state index < -0.39 is 0 Å². The van der Waals surface area contributed by atoms with Crippen molar-refractivity contribution in [3.63, 3.8) is 0 Å². The molecule has 88 valence electrons. The Balaban J connectivity index is 2.13. The molecule has 0 saturated carbocycles. The Labute approximate surface area is 99.5 Å². The molecule has 1 heterocycles. The molecule has 0 unspecified atom stereocenters. The molecule has 1 aromatic rings. The van der Waals surface area contributed by atoms with Gasteiger partial charge in [0, 0.05) is 12.1 Å². The van der Waals surface area contributed by atoms with E-state index >= 15 is 0 Å². The Bertz CT molecular complexity index is 349. The van der Waals surface area contributed by atoms with Gasteiger partial charge in [-0.25, -0.2) is 0 Å². The highest BCUT2D eigenvalue weighted by molar-refractivity contribution is 5.28. The van der Waals surface area contributed by atoms with E-state index in [0.717, 1.165) is 0 Å². The molecule has 16 heavy (non-hydrogen) atoms. The van der Waals surface area contributed by atoms with Crippen LogP contribution in [0.4, 0.5) is 0 Å². The van der Waals surface area contributed by atoms with Crippen LogP contribution >= 0.6 is 0 Å². The number of benzene rings is 1. The van der Waals surface area contributed by atoms with Gasteiger partial charge in [-0.2, -0.15) is 0 Å². The van der Waals surface area contributed by atoms with Gasteiger partial charge in [-0.3, -0.25) is 4.90 Å². The standard InChI is InChI=1S/C15H23N/c1-15(2,3)16-11-6-9-13-7-4-5-8-14(13)10-12-16/h4-5,7-8H,6,9-12H2,1-3H3. The second kappa shape index (κ2) is 4.58. The van der Waals surface area contributed by atoms with Crippen LogP contribution in [-0.2, 0) is 12.8 Å². The van der Waals surface area contributed by atoms with Crippen molar-refractivity contribution in [1.82, 2.24) is 4.90 Å². The van der Waals surface area contributed by atoms with Crippen molar-refractivity contribution in [3.8, 4) is 0 Å². The fraction of sp³-hybridized carbons (Fsp3) is 0.600. The summed E-state index contributed by atoms with van der Waals surface area (Å²) in [4.78, 5) is 2.61. The maximum Gasteiger partial charge on any atom is 0.0125 e. The highest BCUT2D eigenvalue weighted by atomic mass is 15.2. The third-order valence-corrected chi connectivity index (χ3v) is 3.59. The lowest BCUT2D eigenvalue weighted by Crippen LogP contribution is -2.43. The Morgan fingerprint density at radius 1 is 0.938 bits per heavy atom. The second-order valence-corrected chi connectivity index (χ2v) is 5.78. The van der Waals surface area contributed by atoms with E-state index in [1.165, 1.54) is 32.4 Å². The monoisotopic (exact) mass is 217 g/mol. The van der Waals surface area contributed by atoms with E-state index in [9.17, 15) is 0 Å². The third kappa shape index (κ3) is 2.65. The molecule has 2 rings (SSSR count). The van der Waals surface area contributed by atoms with Crippen LogP contribution in [-0.4, -0.2) is 23.5 Å². The van der Waals surface area contributed by atoms with Gasteiger partial charge < -0.3 is 0 Å². The molecule has 0 aromatic heterocycles. The van der Waals surface area contributed by atoms with Crippen LogP contribution in [0.5, 0.6) is 0 Å². The van der Waals surface area contributed by atoms with Crippen molar-refractivity contribution < 1.29 is 0 Å². The van der Waals surface area contributed by atoms with Gasteiger partial charge in [-0.05, 0) is 57.7 Å². The minimum absolute atomic E-state index is 0.312. The topological polar surface area (TPSA) is 3.24 Å². The molecule has 1 aliphatic rings. The van der Waals surface area contributed by atoms with Crippen molar-refractivity contribution >= 4 is 0 Å². The first-order valence-electron chi connectivity index (χ1n) is 6.39. The molecule has 0 amide bonds. The first-order valence-corrected chi connectivity index (χ1v) is 6.39. The van der Waals surface area contributed by atoms with E-state index in [2.05, 4.69) is 49.9 Å². The molecule has 1 aliphatic heterocycles. The summed E-state index contributed by atoms with van der Waals surface area (Å²) in [5.74, 6) is 0. The van der Waals surface area contributed by atoms with Crippen LogP contribution in [0.2, 0.25) is 0 Å². The van der Waals surface area contributed by atoms with E-state index in [0.29, 0.717) is 5.54 Å². The highest BCUT2D eigenvalue weighted by Crippen LogP contribution is 2.20. The van der Waals surface area contributed by atoms with Crippen molar-refractivity contribution in [2.75, 3.05) is 13.1 Å². The van der Waals surface area contributed by atoms with Crippen molar-refractivity contribution in [3.05, 3.63) is 35.4 Å². The SMILES string of the molecule is CC(C)(C)N1CCCc2ccccc2CC1. The average Bonchev–Trinajstić information content (AvgIpc) is 2.17.